The van der Waals surface area contributed by atoms with Crippen LogP contribution in [0.2, 0.25) is 0 Å². The molecular weight excluding hydrogens is 362 g/mol. The fourth-order valence-electron chi connectivity index (χ4n) is 2.85. The third-order valence-electron chi connectivity index (χ3n) is 4.08. The van der Waals surface area contributed by atoms with E-state index in [2.05, 4.69) is 15.2 Å². The molecule has 0 aliphatic heterocycles. The summed E-state index contributed by atoms with van der Waals surface area (Å²) in [7, 11) is 1.59. The van der Waals surface area contributed by atoms with E-state index in [-0.39, 0.29) is 5.75 Å². The summed E-state index contributed by atoms with van der Waals surface area (Å²) in [5.41, 5.74) is 1.16. The lowest BCUT2D eigenvalue weighted by Gasteiger charge is -2.08. The molecule has 0 bridgehead atoms. The number of fused-ring (bicyclic) bond motifs is 2. The van der Waals surface area contributed by atoms with Crippen LogP contribution in [-0.2, 0) is 0 Å². The van der Waals surface area contributed by atoms with Gasteiger partial charge in [0.25, 0.3) is 0 Å². The van der Waals surface area contributed by atoms with Crippen molar-refractivity contribution in [2.45, 2.75) is 6.92 Å². The first-order valence-corrected chi connectivity index (χ1v) is 9.25. The fraction of sp³-hybridized carbons (Fsp3) is 0.150. The second kappa shape index (κ2) is 7.20. The number of aromatic nitrogens is 1. The van der Waals surface area contributed by atoms with Crippen LogP contribution in [0.15, 0.2) is 58.8 Å². The van der Waals surface area contributed by atoms with Crippen LogP contribution in [0, 0.1) is 0 Å². The van der Waals surface area contributed by atoms with Gasteiger partial charge in [-0.1, -0.05) is 35.6 Å². The van der Waals surface area contributed by atoms with Crippen molar-refractivity contribution in [1.82, 2.24) is 4.98 Å². The van der Waals surface area contributed by atoms with Crippen LogP contribution in [0.3, 0.4) is 0 Å². The van der Waals surface area contributed by atoms with Crippen LogP contribution in [0.5, 0.6) is 17.2 Å². The molecule has 0 spiro atoms. The van der Waals surface area contributed by atoms with Crippen LogP contribution in [-0.4, -0.2) is 23.8 Å². The number of phenols is 1. The van der Waals surface area contributed by atoms with E-state index in [1.165, 1.54) is 11.3 Å². The summed E-state index contributed by atoms with van der Waals surface area (Å²) in [4.78, 5) is 4.45. The standard InChI is InChI=1S/C20H17N3O3S/c1-3-26-12-8-9-15-18(10-12)27-20(21-15)23-22-16-11-17(25-2)13-6-4-5-7-14(13)19(16)24/h4-11,24H,3H2,1-2H3. The number of hydrogen-bond donors (Lipinski definition) is 1. The number of hydrogen-bond acceptors (Lipinski definition) is 7. The normalized spacial score (nSPS) is 11.5. The summed E-state index contributed by atoms with van der Waals surface area (Å²) in [6, 6.07) is 14.8. The maximum atomic E-state index is 10.5. The molecule has 0 radical (unpaired) electrons. The van der Waals surface area contributed by atoms with Gasteiger partial charge in [0.1, 0.15) is 17.2 Å². The minimum absolute atomic E-state index is 0.0647. The van der Waals surface area contributed by atoms with E-state index >= 15 is 0 Å². The highest BCUT2D eigenvalue weighted by Gasteiger charge is 2.12. The molecule has 1 heterocycles. The zero-order valence-corrected chi connectivity index (χ0v) is 15.7. The van der Waals surface area contributed by atoms with Gasteiger partial charge in [0.05, 0.1) is 23.9 Å². The molecule has 1 aromatic heterocycles. The molecule has 3 aromatic carbocycles. The molecule has 0 unspecified atom stereocenters. The molecule has 0 atom stereocenters. The zero-order chi connectivity index (χ0) is 18.8. The van der Waals surface area contributed by atoms with Crippen LogP contribution < -0.4 is 9.47 Å². The number of aromatic hydroxyl groups is 1. The number of azo groups is 1. The van der Waals surface area contributed by atoms with E-state index in [1.807, 2.05) is 49.4 Å². The van der Waals surface area contributed by atoms with E-state index in [9.17, 15) is 5.11 Å². The lowest BCUT2D eigenvalue weighted by Crippen LogP contribution is -1.89. The first-order chi connectivity index (χ1) is 13.2. The van der Waals surface area contributed by atoms with Gasteiger partial charge in [0.15, 0.2) is 5.75 Å². The number of methoxy groups -OCH3 is 1. The zero-order valence-electron chi connectivity index (χ0n) is 14.8. The molecule has 6 nitrogen and oxygen atoms in total. The van der Waals surface area contributed by atoms with Crippen molar-refractivity contribution in [1.29, 1.82) is 0 Å². The second-order valence-electron chi connectivity index (χ2n) is 5.75. The Hall–Kier alpha value is -3.19. The number of phenolic OH excluding ortho intramolecular Hbond substituents is 1. The Morgan fingerprint density at radius 3 is 2.67 bits per heavy atom. The van der Waals surface area contributed by atoms with E-state index < -0.39 is 0 Å². The molecule has 0 fully saturated rings. The molecule has 7 heteroatoms. The van der Waals surface area contributed by atoms with Gasteiger partial charge in [0, 0.05) is 16.8 Å². The summed E-state index contributed by atoms with van der Waals surface area (Å²) in [5.74, 6) is 1.49. The Morgan fingerprint density at radius 1 is 1.07 bits per heavy atom. The fourth-order valence-corrected chi connectivity index (χ4v) is 3.66. The van der Waals surface area contributed by atoms with Gasteiger partial charge in [-0.05, 0) is 25.1 Å². The number of thiazole rings is 1. The van der Waals surface area contributed by atoms with Crippen LogP contribution >= 0.6 is 11.3 Å². The minimum Gasteiger partial charge on any atom is -0.505 e. The number of nitrogens with zero attached hydrogens (tertiary/aromatic N) is 3. The summed E-state index contributed by atoms with van der Waals surface area (Å²) < 4.78 is 11.9. The average molecular weight is 379 g/mol. The quantitative estimate of drug-likeness (QED) is 0.433. The summed E-state index contributed by atoms with van der Waals surface area (Å²) >= 11 is 1.41. The number of ether oxygens (including phenoxy) is 2. The van der Waals surface area contributed by atoms with Crippen molar-refractivity contribution in [3.05, 3.63) is 48.5 Å². The highest BCUT2D eigenvalue weighted by Crippen LogP contribution is 2.41. The topological polar surface area (TPSA) is 76.3 Å². The molecule has 0 saturated heterocycles. The smallest absolute Gasteiger partial charge is 0.231 e. The summed E-state index contributed by atoms with van der Waals surface area (Å²) in [6.45, 7) is 2.56. The maximum absolute atomic E-state index is 10.5. The lowest BCUT2D eigenvalue weighted by atomic mass is 10.1. The Kier molecular flexibility index (Phi) is 4.60. The molecule has 136 valence electrons. The molecule has 0 aliphatic carbocycles. The molecule has 1 N–H and O–H groups in total. The first kappa shape index (κ1) is 17.2. The SMILES string of the molecule is CCOc1ccc2nc(N=Nc3cc(OC)c4ccccc4c3O)sc2c1. The third kappa shape index (κ3) is 3.29. The predicted octanol–water partition coefficient (Wildman–Crippen LogP) is 5.98. The maximum Gasteiger partial charge on any atom is 0.231 e. The lowest BCUT2D eigenvalue weighted by molar-refractivity contribution is 0.341. The van der Waals surface area contributed by atoms with Crippen molar-refractivity contribution >= 4 is 43.1 Å². The van der Waals surface area contributed by atoms with Gasteiger partial charge in [-0.3, -0.25) is 0 Å². The van der Waals surface area contributed by atoms with Crippen molar-refractivity contribution in [3.63, 3.8) is 0 Å². The van der Waals surface area contributed by atoms with Gasteiger partial charge < -0.3 is 14.6 Å². The molecule has 0 amide bonds. The monoisotopic (exact) mass is 379 g/mol. The highest BCUT2D eigenvalue weighted by molar-refractivity contribution is 7.21. The average Bonchev–Trinajstić information content (AvgIpc) is 3.10. The van der Waals surface area contributed by atoms with Gasteiger partial charge in [-0.25, -0.2) is 4.98 Å². The van der Waals surface area contributed by atoms with E-state index in [4.69, 9.17) is 9.47 Å². The predicted molar refractivity (Wildman–Crippen MR) is 107 cm³/mol. The van der Waals surface area contributed by atoms with E-state index in [0.29, 0.717) is 28.6 Å². The molecule has 4 rings (SSSR count). The van der Waals surface area contributed by atoms with Crippen LogP contribution in [0.1, 0.15) is 6.92 Å². The Balaban J connectivity index is 1.72. The van der Waals surface area contributed by atoms with Crippen molar-refractivity contribution in [2.75, 3.05) is 13.7 Å². The molecule has 27 heavy (non-hydrogen) atoms. The molecule has 0 aliphatic rings. The van der Waals surface area contributed by atoms with Gasteiger partial charge in [-0.2, -0.15) is 0 Å². The highest BCUT2D eigenvalue weighted by atomic mass is 32.1. The third-order valence-corrected chi connectivity index (χ3v) is 4.98. The van der Waals surface area contributed by atoms with Crippen molar-refractivity contribution in [2.24, 2.45) is 10.2 Å². The van der Waals surface area contributed by atoms with E-state index in [0.717, 1.165) is 21.4 Å². The summed E-state index contributed by atoms with van der Waals surface area (Å²) in [6.07, 6.45) is 0. The molecule has 0 saturated carbocycles. The second-order valence-corrected chi connectivity index (χ2v) is 6.76. The van der Waals surface area contributed by atoms with Gasteiger partial charge in [-0.15, -0.1) is 10.2 Å². The first-order valence-electron chi connectivity index (χ1n) is 8.43. The van der Waals surface area contributed by atoms with Crippen LogP contribution in [0.4, 0.5) is 10.8 Å². The van der Waals surface area contributed by atoms with Crippen LogP contribution in [0.25, 0.3) is 21.0 Å². The summed E-state index contributed by atoms with van der Waals surface area (Å²) in [5, 5.41) is 20.9. The van der Waals surface area contributed by atoms with Gasteiger partial charge in [0.2, 0.25) is 5.13 Å². The number of rotatable bonds is 5. The Labute approximate surface area is 159 Å². The Bertz CT molecular complexity index is 1150. The Morgan fingerprint density at radius 2 is 1.89 bits per heavy atom. The molecule has 4 aromatic rings. The largest absolute Gasteiger partial charge is 0.505 e. The van der Waals surface area contributed by atoms with Crippen molar-refractivity contribution < 1.29 is 14.6 Å². The van der Waals surface area contributed by atoms with Gasteiger partial charge >= 0.3 is 0 Å². The minimum atomic E-state index is 0.0647. The number of benzene rings is 3. The van der Waals surface area contributed by atoms with E-state index in [1.54, 1.807) is 13.2 Å². The van der Waals surface area contributed by atoms with Crippen molar-refractivity contribution in [3.8, 4) is 17.2 Å². The molecular formula is C20H17N3O3S.